The van der Waals surface area contributed by atoms with E-state index in [-0.39, 0.29) is 66.3 Å². The molecule has 26 nitrogen and oxygen atoms in total. The van der Waals surface area contributed by atoms with Crippen LogP contribution in [0, 0.1) is 0 Å². The predicted octanol–water partition coefficient (Wildman–Crippen LogP) is 1.59. The van der Waals surface area contributed by atoms with Gasteiger partial charge in [0.2, 0.25) is 18.1 Å². The summed E-state index contributed by atoms with van der Waals surface area (Å²) in [5.41, 5.74) is 2.18. The topological polar surface area (TPSA) is 340 Å². The molecule has 3 aliphatic rings. The van der Waals surface area contributed by atoms with Gasteiger partial charge in [-0.3, -0.25) is 67.3 Å². The summed E-state index contributed by atoms with van der Waals surface area (Å²) < 4.78 is 20.8. The summed E-state index contributed by atoms with van der Waals surface area (Å²) in [4.78, 5) is 168. The average molecular weight is 1170 g/mol. The van der Waals surface area contributed by atoms with Gasteiger partial charge in [0, 0.05) is 25.0 Å². The molecule has 442 valence electrons. The SMILES string of the molecule is CC(=O)OCC(=O)N1C[C@H](NC(=O)c2ccccc2)C(=O)N(CC(=O)N[C@H](C=O)CC(=O)O)c2ccccc21.CC(=O)OCC(=O)N1C[C@H](NC(=O)c2ccccc2)C(=O)N(CC(=O)N[C@H]2CC(=O)O[C@H]2OCc2ccccc2)c2ccccc21. The van der Waals surface area contributed by atoms with Crippen LogP contribution in [0.3, 0.4) is 0 Å². The Morgan fingerprint density at radius 1 is 0.588 bits per heavy atom. The number of rotatable bonds is 20. The second kappa shape index (κ2) is 29.4. The number of aldehydes is 1. The lowest BCUT2D eigenvalue weighted by atomic mass is 10.1. The number of hydrogen-bond acceptors (Lipinski definition) is 17. The van der Waals surface area contributed by atoms with E-state index in [1.807, 2.05) is 30.3 Å². The Kier molecular flexibility index (Phi) is 21.4. The summed E-state index contributed by atoms with van der Waals surface area (Å²) in [7, 11) is 0. The third-order valence-corrected chi connectivity index (χ3v) is 12.9. The zero-order valence-electron chi connectivity index (χ0n) is 45.8. The summed E-state index contributed by atoms with van der Waals surface area (Å²) in [6.07, 6.45) is -1.57. The third-order valence-electron chi connectivity index (χ3n) is 12.9. The smallest absolute Gasteiger partial charge is 0.310 e. The number of amides is 8. The van der Waals surface area contributed by atoms with Crippen molar-refractivity contribution in [1.82, 2.24) is 21.3 Å². The summed E-state index contributed by atoms with van der Waals surface area (Å²) in [5, 5.41) is 19.2. The molecule has 5 aromatic carbocycles. The molecule has 0 aliphatic carbocycles. The van der Waals surface area contributed by atoms with E-state index in [9.17, 15) is 62.3 Å². The van der Waals surface area contributed by atoms with Gasteiger partial charge in [0.15, 0.2) is 13.2 Å². The maximum Gasteiger partial charge on any atom is 0.310 e. The van der Waals surface area contributed by atoms with Crippen LogP contribution in [0.4, 0.5) is 22.7 Å². The lowest BCUT2D eigenvalue weighted by Gasteiger charge is -2.26. The van der Waals surface area contributed by atoms with Gasteiger partial charge < -0.3 is 59.9 Å². The van der Waals surface area contributed by atoms with E-state index in [1.54, 1.807) is 84.9 Å². The van der Waals surface area contributed by atoms with Gasteiger partial charge in [0.1, 0.15) is 37.5 Å². The molecule has 85 heavy (non-hydrogen) atoms. The van der Waals surface area contributed by atoms with Crippen LogP contribution in [0.25, 0.3) is 0 Å². The number of fused-ring (bicyclic) bond motifs is 2. The molecule has 5 atom stereocenters. The van der Waals surface area contributed by atoms with Crippen molar-refractivity contribution in [3.8, 4) is 0 Å². The molecule has 26 heteroatoms. The molecular weight excluding hydrogens is 1110 g/mol. The molecule has 0 radical (unpaired) electrons. The second-order valence-corrected chi connectivity index (χ2v) is 19.1. The normalized spacial score (nSPS) is 17.3. The number of hydrogen-bond donors (Lipinski definition) is 5. The van der Waals surface area contributed by atoms with Crippen molar-refractivity contribution in [1.29, 1.82) is 0 Å². The first-order valence-electron chi connectivity index (χ1n) is 26.3. The van der Waals surface area contributed by atoms with Crippen molar-refractivity contribution in [2.75, 3.05) is 59.0 Å². The summed E-state index contributed by atoms with van der Waals surface area (Å²) in [6, 6.07) is 33.3. The summed E-state index contributed by atoms with van der Waals surface area (Å²) in [6.45, 7) is -0.604. The van der Waals surface area contributed by atoms with Gasteiger partial charge >= 0.3 is 23.9 Å². The number of nitrogens with zero attached hydrogens (tertiary/aromatic N) is 4. The molecule has 0 unspecified atom stereocenters. The Morgan fingerprint density at radius 3 is 1.45 bits per heavy atom. The highest BCUT2D eigenvalue weighted by atomic mass is 16.7. The molecule has 1 fully saturated rings. The van der Waals surface area contributed by atoms with Crippen LogP contribution in [-0.4, -0.2) is 152 Å². The number of anilines is 4. The molecule has 3 aliphatic heterocycles. The largest absolute Gasteiger partial charge is 0.481 e. The van der Waals surface area contributed by atoms with Gasteiger partial charge in [-0.25, -0.2) is 0 Å². The fourth-order valence-electron chi connectivity index (χ4n) is 9.00. The van der Waals surface area contributed by atoms with E-state index < -0.39 is 134 Å². The standard InChI is InChI=1S/C33H32N4O9.C26H26N4O9/c1-21(38)44-20-29(40)36-17-25(35-31(42)23-12-6-3-7-13-23)32(43)37(27-15-9-8-14-26(27)36)18-28(39)34-24-16-30(41)46-33(24)45-19-22-10-4-2-5-11-22;1-16(32)39-15-23(34)29-12-19(28-25(37)17-7-3-2-4-8-17)26(38)30(21-10-6-5-9-20(21)29)13-22(33)27-18(14-31)11-24(35)36/h2-15,24-25,33H,16-20H2,1H3,(H,34,39)(H,35,42);2-10,14,18-19H,11-13,15H2,1H3,(H,27,33)(H,28,37)(H,35,36)/t24-,25-,33+;18-,19-/m00/s1. The Labute approximate surface area is 485 Å². The Bertz CT molecular complexity index is 3330. The lowest BCUT2D eigenvalue weighted by molar-refractivity contribution is -0.168. The van der Waals surface area contributed by atoms with Crippen LogP contribution in [0.1, 0.15) is 53.0 Å². The van der Waals surface area contributed by atoms with E-state index >= 15 is 0 Å². The zero-order valence-corrected chi connectivity index (χ0v) is 45.8. The van der Waals surface area contributed by atoms with Crippen LogP contribution in [0.2, 0.25) is 0 Å². The fourth-order valence-corrected chi connectivity index (χ4v) is 9.00. The van der Waals surface area contributed by atoms with Crippen LogP contribution in [0.5, 0.6) is 0 Å². The Morgan fingerprint density at radius 2 is 1.01 bits per heavy atom. The molecule has 0 bridgehead atoms. The van der Waals surface area contributed by atoms with E-state index in [0.717, 1.165) is 29.2 Å². The molecule has 3 heterocycles. The minimum Gasteiger partial charge on any atom is -0.481 e. The summed E-state index contributed by atoms with van der Waals surface area (Å²) >= 11 is 0. The molecule has 5 aromatic rings. The van der Waals surface area contributed by atoms with E-state index in [4.69, 9.17) is 24.1 Å². The number of aliphatic carboxylic acids is 1. The van der Waals surface area contributed by atoms with Crippen molar-refractivity contribution in [2.45, 2.75) is 63.8 Å². The van der Waals surface area contributed by atoms with Gasteiger partial charge in [-0.1, -0.05) is 91.0 Å². The minimum absolute atomic E-state index is 0.131. The predicted molar refractivity (Wildman–Crippen MR) is 299 cm³/mol. The van der Waals surface area contributed by atoms with Crippen molar-refractivity contribution in [3.63, 3.8) is 0 Å². The fraction of sp³-hybridized carbons (Fsp3) is 0.271. The highest BCUT2D eigenvalue weighted by molar-refractivity contribution is 6.13. The molecule has 8 rings (SSSR count). The number of carboxylic acid groups (broad SMARTS) is 1. The third kappa shape index (κ3) is 17.0. The molecule has 0 saturated carbocycles. The number of carbonyl (C=O) groups excluding carboxylic acids is 12. The number of benzene rings is 5. The Balaban J connectivity index is 0.000000247. The molecule has 1 saturated heterocycles. The molecule has 5 N–H and O–H groups in total. The number of cyclic esters (lactones) is 1. The Hall–Kier alpha value is -10.6. The van der Waals surface area contributed by atoms with Crippen molar-refractivity contribution >= 4 is 100 Å². The zero-order chi connectivity index (χ0) is 61.2. The second-order valence-electron chi connectivity index (χ2n) is 19.1. The van der Waals surface area contributed by atoms with Crippen molar-refractivity contribution < 1.29 is 86.4 Å². The molecule has 8 amide bonds. The van der Waals surface area contributed by atoms with Crippen molar-refractivity contribution in [2.24, 2.45) is 0 Å². The number of nitrogens with one attached hydrogen (secondary N) is 4. The highest BCUT2D eigenvalue weighted by Gasteiger charge is 2.42. The number of para-hydroxylation sites is 4. The van der Waals surface area contributed by atoms with Crippen molar-refractivity contribution in [3.05, 3.63) is 156 Å². The number of esters is 3. The average Bonchev–Trinajstić information content (AvgIpc) is 3.74. The van der Waals surface area contributed by atoms with Crippen LogP contribution in [0.15, 0.2) is 140 Å². The van der Waals surface area contributed by atoms with Gasteiger partial charge in [0.05, 0.1) is 61.3 Å². The lowest BCUT2D eigenvalue weighted by Crippen LogP contribution is -2.55. The monoisotopic (exact) mass is 1170 g/mol. The van der Waals surface area contributed by atoms with E-state index in [0.29, 0.717) is 0 Å². The van der Waals surface area contributed by atoms with Gasteiger partial charge in [-0.2, -0.15) is 0 Å². The maximum absolute atomic E-state index is 14.1. The quantitative estimate of drug-likeness (QED) is 0.0420. The maximum atomic E-state index is 14.1. The van der Waals surface area contributed by atoms with Gasteiger partial charge in [-0.05, 0) is 54.1 Å². The van der Waals surface area contributed by atoms with Gasteiger partial charge in [-0.15, -0.1) is 0 Å². The number of carboxylic acids is 1. The van der Waals surface area contributed by atoms with E-state index in [2.05, 4.69) is 21.3 Å². The van der Waals surface area contributed by atoms with Crippen LogP contribution in [-0.2, 0) is 78.3 Å². The first kappa shape index (κ1) is 62.0. The van der Waals surface area contributed by atoms with Crippen LogP contribution < -0.4 is 40.9 Å². The minimum atomic E-state index is -1.33. The number of carbonyl (C=O) groups is 13. The first-order valence-corrected chi connectivity index (χ1v) is 26.3. The highest BCUT2D eigenvalue weighted by Crippen LogP contribution is 2.35. The van der Waals surface area contributed by atoms with Gasteiger partial charge in [0.25, 0.3) is 35.4 Å². The van der Waals surface area contributed by atoms with E-state index in [1.165, 1.54) is 34.1 Å². The summed E-state index contributed by atoms with van der Waals surface area (Å²) in [5.74, 6) is -8.60. The molecular formula is C59H58N8O18. The molecule has 0 spiro atoms. The molecule has 0 aromatic heterocycles. The first-order chi connectivity index (χ1) is 40.8. The number of ether oxygens (including phenoxy) is 4. The van der Waals surface area contributed by atoms with Crippen LogP contribution >= 0.6 is 0 Å².